The zero-order valence-corrected chi connectivity index (χ0v) is 8.40. The van der Waals surface area contributed by atoms with Crippen molar-refractivity contribution in [1.29, 1.82) is 5.26 Å². The summed E-state index contributed by atoms with van der Waals surface area (Å²) in [4.78, 5) is 11.3. The van der Waals surface area contributed by atoms with Crippen LogP contribution in [0.25, 0.3) is 0 Å². The molecule has 1 aromatic carbocycles. The number of methoxy groups -OCH3 is 2. The van der Waals surface area contributed by atoms with Crippen LogP contribution < -0.4 is 10.5 Å². The molecule has 0 radical (unpaired) electrons. The minimum atomic E-state index is -0.587. The van der Waals surface area contributed by atoms with Gasteiger partial charge in [0.15, 0.2) is 5.75 Å². The molecular formula is C10H10N2O3. The Hall–Kier alpha value is -2.22. The normalized spacial score (nSPS) is 9.13. The molecule has 0 unspecified atom stereocenters. The van der Waals surface area contributed by atoms with Gasteiger partial charge in [-0.15, -0.1) is 0 Å². The standard InChI is InChI=1S/C10H10N2O3/c1-14-9-6(5-11)3-7(12)4-8(9)10(13)15-2/h3-4H,12H2,1-2H3. The number of hydrogen-bond donors (Lipinski definition) is 1. The summed E-state index contributed by atoms with van der Waals surface area (Å²) in [7, 11) is 2.62. The van der Waals surface area contributed by atoms with Crippen molar-refractivity contribution in [1.82, 2.24) is 0 Å². The molecule has 1 rings (SSSR count). The highest BCUT2D eigenvalue weighted by atomic mass is 16.5. The number of nitrogens with zero attached hydrogens (tertiary/aromatic N) is 1. The van der Waals surface area contributed by atoms with Crippen molar-refractivity contribution < 1.29 is 14.3 Å². The summed E-state index contributed by atoms with van der Waals surface area (Å²) in [5.74, 6) is -0.408. The van der Waals surface area contributed by atoms with E-state index in [-0.39, 0.29) is 16.9 Å². The maximum atomic E-state index is 11.3. The van der Waals surface area contributed by atoms with Gasteiger partial charge < -0.3 is 15.2 Å². The predicted molar refractivity (Wildman–Crippen MR) is 53.5 cm³/mol. The number of esters is 1. The summed E-state index contributed by atoms with van der Waals surface area (Å²) in [5.41, 5.74) is 6.21. The van der Waals surface area contributed by atoms with Gasteiger partial charge in [-0.25, -0.2) is 4.79 Å². The molecule has 0 bridgehead atoms. The lowest BCUT2D eigenvalue weighted by molar-refractivity contribution is 0.0597. The molecule has 0 atom stereocenters. The van der Waals surface area contributed by atoms with Crippen molar-refractivity contribution in [2.45, 2.75) is 0 Å². The Morgan fingerprint density at radius 2 is 2.13 bits per heavy atom. The van der Waals surface area contributed by atoms with Gasteiger partial charge >= 0.3 is 5.97 Å². The third kappa shape index (κ3) is 1.99. The zero-order chi connectivity index (χ0) is 11.4. The molecule has 15 heavy (non-hydrogen) atoms. The highest BCUT2D eigenvalue weighted by molar-refractivity contribution is 5.94. The molecule has 0 aliphatic heterocycles. The number of nitriles is 1. The first-order valence-corrected chi connectivity index (χ1v) is 4.10. The molecule has 0 fully saturated rings. The van der Waals surface area contributed by atoms with Gasteiger partial charge in [0.1, 0.15) is 11.6 Å². The minimum absolute atomic E-state index is 0.150. The van der Waals surface area contributed by atoms with Crippen molar-refractivity contribution in [2.24, 2.45) is 0 Å². The number of benzene rings is 1. The van der Waals surface area contributed by atoms with E-state index in [1.807, 2.05) is 6.07 Å². The molecule has 0 aliphatic rings. The Labute approximate surface area is 87.0 Å². The Balaban J connectivity index is 3.43. The Morgan fingerprint density at radius 1 is 1.47 bits per heavy atom. The van der Waals surface area contributed by atoms with Crippen molar-refractivity contribution in [2.75, 3.05) is 20.0 Å². The molecule has 5 heteroatoms. The van der Waals surface area contributed by atoms with Crippen LogP contribution in [-0.2, 0) is 4.74 Å². The van der Waals surface area contributed by atoms with Crippen LogP contribution in [0.15, 0.2) is 12.1 Å². The Bertz CT molecular complexity index is 435. The summed E-state index contributed by atoms with van der Waals surface area (Å²) in [6.45, 7) is 0. The second kappa shape index (κ2) is 4.33. The molecule has 0 saturated carbocycles. The fraction of sp³-hybridized carbons (Fsp3) is 0.200. The first-order valence-electron chi connectivity index (χ1n) is 4.10. The maximum Gasteiger partial charge on any atom is 0.341 e. The van der Waals surface area contributed by atoms with E-state index in [9.17, 15) is 4.79 Å². The number of nitrogens with two attached hydrogens (primary N) is 1. The molecule has 0 aliphatic carbocycles. The van der Waals surface area contributed by atoms with Gasteiger partial charge in [-0.3, -0.25) is 0 Å². The number of nitrogen functional groups attached to an aromatic ring is 1. The highest BCUT2D eigenvalue weighted by Gasteiger charge is 2.17. The molecule has 78 valence electrons. The number of anilines is 1. The first-order chi connectivity index (χ1) is 7.13. The topological polar surface area (TPSA) is 85.3 Å². The molecular weight excluding hydrogens is 196 g/mol. The summed E-state index contributed by atoms with van der Waals surface area (Å²) < 4.78 is 9.52. The highest BCUT2D eigenvalue weighted by Crippen LogP contribution is 2.26. The van der Waals surface area contributed by atoms with Gasteiger partial charge in [0, 0.05) is 5.69 Å². The van der Waals surface area contributed by atoms with Crippen LogP contribution in [0.2, 0.25) is 0 Å². The van der Waals surface area contributed by atoms with Crippen LogP contribution >= 0.6 is 0 Å². The van der Waals surface area contributed by atoms with Gasteiger partial charge in [-0.1, -0.05) is 0 Å². The van der Waals surface area contributed by atoms with Gasteiger partial charge in [0.2, 0.25) is 0 Å². The summed E-state index contributed by atoms with van der Waals surface area (Å²) in [5, 5.41) is 8.82. The number of carbonyl (C=O) groups excluding carboxylic acids is 1. The molecule has 0 saturated heterocycles. The summed E-state index contributed by atoms with van der Waals surface area (Å²) in [6, 6.07) is 4.74. The smallest absolute Gasteiger partial charge is 0.341 e. The fourth-order valence-corrected chi connectivity index (χ4v) is 1.22. The van der Waals surface area contributed by atoms with E-state index in [1.165, 1.54) is 26.4 Å². The second-order valence-electron chi connectivity index (χ2n) is 2.75. The van der Waals surface area contributed by atoms with E-state index in [1.54, 1.807) is 0 Å². The number of carbonyl (C=O) groups is 1. The monoisotopic (exact) mass is 206 g/mol. The lowest BCUT2D eigenvalue weighted by Crippen LogP contribution is -2.06. The van der Waals surface area contributed by atoms with Gasteiger partial charge in [0.25, 0.3) is 0 Å². The van der Waals surface area contributed by atoms with E-state index in [0.717, 1.165) is 0 Å². The molecule has 1 aromatic rings. The van der Waals surface area contributed by atoms with E-state index < -0.39 is 5.97 Å². The second-order valence-corrected chi connectivity index (χ2v) is 2.75. The Kier molecular flexibility index (Phi) is 3.13. The van der Waals surface area contributed by atoms with Crippen molar-refractivity contribution in [3.63, 3.8) is 0 Å². The van der Waals surface area contributed by atoms with Crippen LogP contribution in [0.4, 0.5) is 5.69 Å². The molecule has 0 amide bonds. The van der Waals surface area contributed by atoms with Crippen LogP contribution in [-0.4, -0.2) is 20.2 Å². The van der Waals surface area contributed by atoms with Crippen LogP contribution in [0, 0.1) is 11.3 Å². The van der Waals surface area contributed by atoms with E-state index in [2.05, 4.69) is 4.74 Å². The number of rotatable bonds is 2. The average Bonchev–Trinajstić information content (AvgIpc) is 2.26. The van der Waals surface area contributed by atoms with E-state index >= 15 is 0 Å². The predicted octanol–water partition coefficient (Wildman–Crippen LogP) is 0.936. The van der Waals surface area contributed by atoms with E-state index in [4.69, 9.17) is 15.7 Å². The zero-order valence-electron chi connectivity index (χ0n) is 8.40. The third-order valence-corrected chi connectivity index (χ3v) is 1.84. The molecule has 0 spiro atoms. The average molecular weight is 206 g/mol. The lowest BCUT2D eigenvalue weighted by atomic mass is 10.1. The number of hydrogen-bond acceptors (Lipinski definition) is 5. The Morgan fingerprint density at radius 3 is 2.60 bits per heavy atom. The SMILES string of the molecule is COC(=O)c1cc(N)cc(C#N)c1OC. The van der Waals surface area contributed by atoms with Crippen molar-refractivity contribution in [3.8, 4) is 11.8 Å². The van der Waals surface area contributed by atoms with Gasteiger partial charge in [-0.05, 0) is 12.1 Å². The van der Waals surface area contributed by atoms with Gasteiger partial charge in [-0.2, -0.15) is 5.26 Å². The van der Waals surface area contributed by atoms with Gasteiger partial charge in [0.05, 0.1) is 19.8 Å². The molecule has 5 nitrogen and oxygen atoms in total. The van der Waals surface area contributed by atoms with Crippen LogP contribution in [0.3, 0.4) is 0 Å². The quantitative estimate of drug-likeness (QED) is 0.574. The van der Waals surface area contributed by atoms with Crippen molar-refractivity contribution in [3.05, 3.63) is 23.3 Å². The number of ether oxygens (including phenoxy) is 2. The molecule has 2 N–H and O–H groups in total. The molecule has 0 heterocycles. The van der Waals surface area contributed by atoms with Crippen LogP contribution in [0.1, 0.15) is 15.9 Å². The summed E-state index contributed by atoms with van der Waals surface area (Å²) >= 11 is 0. The summed E-state index contributed by atoms with van der Waals surface area (Å²) in [6.07, 6.45) is 0. The molecule has 0 aromatic heterocycles. The first kappa shape index (κ1) is 10.9. The fourth-order valence-electron chi connectivity index (χ4n) is 1.22. The van der Waals surface area contributed by atoms with Crippen molar-refractivity contribution >= 4 is 11.7 Å². The van der Waals surface area contributed by atoms with Crippen LogP contribution in [0.5, 0.6) is 5.75 Å². The largest absolute Gasteiger partial charge is 0.494 e. The third-order valence-electron chi connectivity index (χ3n) is 1.84. The van der Waals surface area contributed by atoms with E-state index in [0.29, 0.717) is 5.69 Å². The lowest BCUT2D eigenvalue weighted by Gasteiger charge is -2.09. The maximum absolute atomic E-state index is 11.3. The minimum Gasteiger partial charge on any atom is -0.494 e.